The number of rotatable bonds is 4. The number of ketones is 1. The Morgan fingerprint density at radius 3 is 2.69 bits per heavy atom. The Kier molecular flexibility index (Phi) is 4.01. The van der Waals surface area contributed by atoms with Crippen molar-refractivity contribution in [1.82, 2.24) is 0 Å². The number of halogens is 1. The number of Topliss-reactive ketones (excluding diaryl/α,β-unsaturated/α-hetero) is 1. The molecule has 1 rings (SSSR count). The number of hydrogen-bond acceptors (Lipinski definition) is 3. The van der Waals surface area contributed by atoms with Gasteiger partial charge in [0.15, 0.2) is 5.78 Å². The van der Waals surface area contributed by atoms with E-state index in [1.54, 1.807) is 31.0 Å². The van der Waals surface area contributed by atoms with Crippen molar-refractivity contribution in [2.45, 2.75) is 20.0 Å². The Labute approximate surface area is 94.5 Å². The third kappa shape index (κ3) is 2.79. The van der Waals surface area contributed by atoms with Gasteiger partial charge in [0.2, 0.25) is 0 Å². The fourth-order valence-electron chi connectivity index (χ4n) is 1.67. The van der Waals surface area contributed by atoms with Crippen molar-refractivity contribution in [2.24, 2.45) is 0 Å². The van der Waals surface area contributed by atoms with E-state index in [-0.39, 0.29) is 11.3 Å². The maximum Gasteiger partial charge on any atom is 0.164 e. The van der Waals surface area contributed by atoms with Gasteiger partial charge in [0.05, 0.1) is 17.4 Å². The molecule has 16 heavy (non-hydrogen) atoms. The van der Waals surface area contributed by atoms with Gasteiger partial charge in [-0.3, -0.25) is 4.79 Å². The van der Waals surface area contributed by atoms with Crippen LogP contribution in [0.1, 0.15) is 24.2 Å². The second-order valence-corrected chi connectivity index (χ2v) is 3.92. The van der Waals surface area contributed by atoms with Gasteiger partial charge in [0, 0.05) is 13.6 Å². The highest BCUT2D eigenvalue weighted by molar-refractivity contribution is 6.00. The van der Waals surface area contributed by atoms with E-state index < -0.39 is 11.9 Å². The molecular formula is C12H16FNO2. The summed E-state index contributed by atoms with van der Waals surface area (Å²) in [5.74, 6) is -0.840. The highest BCUT2D eigenvalue weighted by Crippen LogP contribution is 2.22. The molecule has 0 heterocycles. The van der Waals surface area contributed by atoms with Crippen LogP contribution in [0.4, 0.5) is 10.1 Å². The summed E-state index contributed by atoms with van der Waals surface area (Å²) in [4.78, 5) is 13.0. The lowest BCUT2D eigenvalue weighted by Crippen LogP contribution is -2.28. The molecule has 1 atom stereocenters. The van der Waals surface area contributed by atoms with Gasteiger partial charge < -0.3 is 10.0 Å². The van der Waals surface area contributed by atoms with Gasteiger partial charge in [0.1, 0.15) is 5.82 Å². The first-order valence-corrected chi connectivity index (χ1v) is 5.12. The van der Waals surface area contributed by atoms with Crippen LogP contribution in [0.3, 0.4) is 0 Å². The third-order valence-corrected chi connectivity index (χ3v) is 2.29. The molecule has 0 fully saturated rings. The molecule has 88 valence electrons. The van der Waals surface area contributed by atoms with Crippen LogP contribution < -0.4 is 4.90 Å². The maximum atomic E-state index is 13.5. The van der Waals surface area contributed by atoms with Crippen molar-refractivity contribution in [3.8, 4) is 0 Å². The van der Waals surface area contributed by atoms with Crippen LogP contribution >= 0.6 is 0 Å². The summed E-state index contributed by atoms with van der Waals surface area (Å²) in [7, 11) is 1.72. The number of hydrogen-bond donors (Lipinski definition) is 1. The monoisotopic (exact) mass is 225 g/mol. The summed E-state index contributed by atoms with van der Waals surface area (Å²) in [6.07, 6.45) is -0.534. The van der Waals surface area contributed by atoms with Gasteiger partial charge >= 0.3 is 0 Å². The highest BCUT2D eigenvalue weighted by Gasteiger charge is 2.16. The lowest BCUT2D eigenvalue weighted by molar-refractivity contribution is 0.101. The summed E-state index contributed by atoms with van der Waals surface area (Å²) < 4.78 is 13.5. The molecule has 4 heteroatoms. The Morgan fingerprint density at radius 1 is 1.56 bits per heavy atom. The topological polar surface area (TPSA) is 40.5 Å². The molecular weight excluding hydrogens is 209 g/mol. The molecule has 0 spiro atoms. The smallest absolute Gasteiger partial charge is 0.164 e. The maximum absolute atomic E-state index is 13.5. The van der Waals surface area contributed by atoms with Crippen molar-refractivity contribution in [3.05, 3.63) is 29.6 Å². The first kappa shape index (κ1) is 12.6. The van der Waals surface area contributed by atoms with E-state index in [0.29, 0.717) is 12.2 Å². The Balaban J connectivity index is 3.12. The quantitative estimate of drug-likeness (QED) is 0.795. The zero-order valence-corrected chi connectivity index (χ0v) is 9.70. The van der Waals surface area contributed by atoms with Crippen molar-refractivity contribution < 1.29 is 14.3 Å². The molecule has 3 nitrogen and oxygen atoms in total. The van der Waals surface area contributed by atoms with Gasteiger partial charge in [-0.2, -0.15) is 0 Å². The second-order valence-electron chi connectivity index (χ2n) is 3.92. The van der Waals surface area contributed by atoms with Crippen molar-refractivity contribution >= 4 is 11.5 Å². The second kappa shape index (κ2) is 5.07. The summed E-state index contributed by atoms with van der Waals surface area (Å²) in [6.45, 7) is 3.32. The minimum absolute atomic E-state index is 0.0747. The highest BCUT2D eigenvalue weighted by atomic mass is 19.1. The molecule has 0 bridgehead atoms. The Hall–Kier alpha value is -1.42. The van der Waals surface area contributed by atoms with E-state index in [4.69, 9.17) is 0 Å². The standard InChI is InChI=1S/C12H16FNO2/c1-8(15)7-14(3)11-6-4-5-10(13)12(11)9(2)16/h4-6,8,15H,7H2,1-3H3. The number of likely N-dealkylation sites (N-methyl/N-ethyl adjacent to an activating group) is 1. The molecule has 0 saturated carbocycles. The van der Waals surface area contributed by atoms with Crippen LogP contribution in [0.5, 0.6) is 0 Å². The number of anilines is 1. The molecule has 0 aliphatic heterocycles. The lowest BCUT2D eigenvalue weighted by Gasteiger charge is -2.23. The van der Waals surface area contributed by atoms with E-state index in [0.717, 1.165) is 0 Å². The summed E-state index contributed by atoms with van der Waals surface area (Å²) in [5, 5.41) is 9.26. The molecule has 1 aromatic carbocycles. The van der Waals surface area contributed by atoms with Gasteiger partial charge in [0.25, 0.3) is 0 Å². The molecule has 0 aliphatic carbocycles. The van der Waals surface area contributed by atoms with E-state index in [2.05, 4.69) is 0 Å². The van der Waals surface area contributed by atoms with Crippen LogP contribution in [0.15, 0.2) is 18.2 Å². The largest absolute Gasteiger partial charge is 0.392 e. The zero-order valence-electron chi connectivity index (χ0n) is 9.70. The fourth-order valence-corrected chi connectivity index (χ4v) is 1.67. The fraction of sp³-hybridized carbons (Fsp3) is 0.417. The van der Waals surface area contributed by atoms with Crippen LogP contribution in [0.25, 0.3) is 0 Å². The Bertz CT molecular complexity index is 391. The predicted molar refractivity (Wildman–Crippen MR) is 61.4 cm³/mol. The summed E-state index contributed by atoms with van der Waals surface area (Å²) >= 11 is 0. The van der Waals surface area contributed by atoms with Crippen LogP contribution in [-0.4, -0.2) is 30.6 Å². The van der Waals surface area contributed by atoms with E-state index >= 15 is 0 Å². The molecule has 1 aromatic rings. The SMILES string of the molecule is CC(=O)c1c(F)cccc1N(C)CC(C)O. The molecule has 0 radical (unpaired) electrons. The molecule has 0 aliphatic rings. The molecule has 0 amide bonds. The van der Waals surface area contributed by atoms with Crippen LogP contribution in [0, 0.1) is 5.82 Å². The van der Waals surface area contributed by atoms with E-state index in [1.807, 2.05) is 0 Å². The summed E-state index contributed by atoms with van der Waals surface area (Å²) in [5.41, 5.74) is 0.582. The van der Waals surface area contributed by atoms with Crippen molar-refractivity contribution in [2.75, 3.05) is 18.5 Å². The predicted octanol–water partition coefficient (Wildman–Crippen LogP) is 1.85. The van der Waals surface area contributed by atoms with E-state index in [9.17, 15) is 14.3 Å². The first-order valence-electron chi connectivity index (χ1n) is 5.12. The minimum atomic E-state index is -0.534. The van der Waals surface area contributed by atoms with Crippen LogP contribution in [-0.2, 0) is 0 Å². The number of aliphatic hydroxyl groups excluding tert-OH is 1. The van der Waals surface area contributed by atoms with Crippen molar-refractivity contribution in [3.63, 3.8) is 0 Å². The summed E-state index contributed by atoms with van der Waals surface area (Å²) in [6, 6.07) is 4.48. The average molecular weight is 225 g/mol. The number of carbonyl (C=O) groups is 1. The van der Waals surface area contributed by atoms with E-state index in [1.165, 1.54) is 13.0 Å². The molecule has 1 unspecified atom stereocenters. The average Bonchev–Trinajstić information content (AvgIpc) is 2.15. The Morgan fingerprint density at radius 2 is 2.19 bits per heavy atom. The van der Waals surface area contributed by atoms with Gasteiger partial charge in [-0.1, -0.05) is 6.07 Å². The van der Waals surface area contributed by atoms with Crippen molar-refractivity contribution in [1.29, 1.82) is 0 Å². The van der Waals surface area contributed by atoms with Gasteiger partial charge in [-0.15, -0.1) is 0 Å². The number of nitrogens with zero attached hydrogens (tertiary/aromatic N) is 1. The minimum Gasteiger partial charge on any atom is -0.392 e. The van der Waals surface area contributed by atoms with Crippen LogP contribution in [0.2, 0.25) is 0 Å². The lowest BCUT2D eigenvalue weighted by atomic mass is 10.1. The zero-order chi connectivity index (χ0) is 12.3. The molecule has 0 aromatic heterocycles. The normalized spacial score (nSPS) is 12.3. The number of carbonyl (C=O) groups excluding carboxylic acids is 1. The molecule has 1 N–H and O–H groups in total. The van der Waals surface area contributed by atoms with Gasteiger partial charge in [-0.05, 0) is 26.0 Å². The third-order valence-electron chi connectivity index (χ3n) is 2.29. The first-order chi connectivity index (χ1) is 7.43. The number of benzene rings is 1. The molecule has 0 saturated heterocycles. The number of aliphatic hydroxyl groups is 1. The van der Waals surface area contributed by atoms with Gasteiger partial charge in [-0.25, -0.2) is 4.39 Å².